The first-order valence-electron chi connectivity index (χ1n) is 11.4. The summed E-state index contributed by atoms with van der Waals surface area (Å²) < 4.78 is 1.84. The van der Waals surface area contributed by atoms with Crippen LogP contribution in [-0.4, -0.2) is 31.6 Å². The van der Waals surface area contributed by atoms with Gasteiger partial charge >= 0.3 is 0 Å². The number of hydrogen-bond acceptors (Lipinski definition) is 3. The van der Waals surface area contributed by atoms with Crippen LogP contribution < -0.4 is 0 Å². The van der Waals surface area contributed by atoms with Crippen molar-refractivity contribution in [3.8, 4) is 0 Å². The summed E-state index contributed by atoms with van der Waals surface area (Å²) in [5, 5.41) is 5.54. The largest absolute Gasteiger partial charge is 0.329 e. The molecule has 5 nitrogen and oxygen atoms in total. The molecule has 3 aliphatic rings. The van der Waals surface area contributed by atoms with E-state index in [1.807, 2.05) is 18.7 Å². The first kappa shape index (κ1) is 18.1. The Labute approximate surface area is 177 Å². The van der Waals surface area contributed by atoms with E-state index in [1.54, 1.807) is 0 Å². The highest BCUT2D eigenvalue weighted by Crippen LogP contribution is 2.44. The molecule has 3 aromatic rings. The predicted octanol–water partition coefficient (Wildman–Crippen LogP) is 4.84. The van der Waals surface area contributed by atoms with Gasteiger partial charge in [0.2, 0.25) is 0 Å². The summed E-state index contributed by atoms with van der Waals surface area (Å²) in [5.41, 5.74) is 6.37. The Morgan fingerprint density at radius 3 is 2.70 bits per heavy atom. The van der Waals surface area contributed by atoms with E-state index in [1.165, 1.54) is 24.0 Å². The number of fused-ring (bicyclic) bond motifs is 2. The molecular weight excluding hydrogens is 372 g/mol. The van der Waals surface area contributed by atoms with E-state index < -0.39 is 0 Å². The van der Waals surface area contributed by atoms with Crippen LogP contribution in [0.4, 0.5) is 0 Å². The van der Waals surface area contributed by atoms with Crippen LogP contribution in [0.5, 0.6) is 0 Å². The maximum Gasteiger partial charge on any atom is 0.255 e. The van der Waals surface area contributed by atoms with Gasteiger partial charge in [-0.2, -0.15) is 5.10 Å². The molecule has 1 amide bonds. The lowest BCUT2D eigenvalue weighted by Crippen LogP contribution is -2.38. The number of rotatable bonds is 4. The van der Waals surface area contributed by atoms with E-state index in [0.717, 1.165) is 60.1 Å². The molecule has 2 saturated carbocycles. The fraction of sp³-hybridized carbons (Fsp3) is 0.480. The molecule has 2 heterocycles. The number of carbonyl (C=O) groups is 1. The third-order valence-electron chi connectivity index (χ3n) is 7.06. The second kappa shape index (κ2) is 6.66. The van der Waals surface area contributed by atoms with Crippen LogP contribution in [0.3, 0.4) is 0 Å². The van der Waals surface area contributed by atoms with Crippen molar-refractivity contribution in [2.75, 3.05) is 0 Å². The molecular formula is C25H28N4O. The normalized spacial score (nSPS) is 20.9. The van der Waals surface area contributed by atoms with Gasteiger partial charge < -0.3 is 4.90 Å². The highest BCUT2D eigenvalue weighted by Gasteiger charge is 2.41. The quantitative estimate of drug-likeness (QED) is 0.630. The zero-order valence-electron chi connectivity index (χ0n) is 17.8. The van der Waals surface area contributed by atoms with Gasteiger partial charge in [-0.3, -0.25) is 9.48 Å². The van der Waals surface area contributed by atoms with Gasteiger partial charge in [0.25, 0.3) is 5.91 Å². The van der Waals surface area contributed by atoms with Crippen molar-refractivity contribution in [1.29, 1.82) is 0 Å². The topological polar surface area (TPSA) is 51.0 Å². The Morgan fingerprint density at radius 2 is 1.93 bits per heavy atom. The summed E-state index contributed by atoms with van der Waals surface area (Å²) >= 11 is 0. The van der Waals surface area contributed by atoms with E-state index in [9.17, 15) is 4.79 Å². The van der Waals surface area contributed by atoms with E-state index in [4.69, 9.17) is 4.98 Å². The molecule has 154 valence electrons. The average Bonchev–Trinajstić information content (AvgIpc) is 3.67. The molecule has 2 aromatic heterocycles. The van der Waals surface area contributed by atoms with Gasteiger partial charge in [0.05, 0.1) is 22.7 Å². The fourth-order valence-electron chi connectivity index (χ4n) is 5.29. The number of amides is 1. The maximum atomic E-state index is 14.2. The van der Waals surface area contributed by atoms with E-state index in [0.29, 0.717) is 12.0 Å². The summed E-state index contributed by atoms with van der Waals surface area (Å²) in [4.78, 5) is 21.3. The molecule has 0 N–H and O–H groups in total. The Bertz CT molecular complexity index is 1160. The van der Waals surface area contributed by atoms with E-state index >= 15 is 0 Å². The first-order chi connectivity index (χ1) is 14.6. The summed E-state index contributed by atoms with van der Waals surface area (Å²) in [5.74, 6) is 0.672. The number of aromatic nitrogens is 3. The average molecular weight is 401 g/mol. The standard InChI is InChI=1S/C25H28N4O/c1-15-23-20(14-21(17-10-11-17)26-24(23)28(2)27-15)25(30)29(18-12-13-18)22-9-5-7-16-6-3-4-8-19(16)22/h3-4,6,8,14,17-18,22H,5,7,9-13H2,1-2H3. The minimum absolute atomic E-state index is 0.171. The molecule has 5 heteroatoms. The van der Waals surface area contributed by atoms with E-state index in [2.05, 4.69) is 40.3 Å². The second-order valence-electron chi connectivity index (χ2n) is 9.33. The Hall–Kier alpha value is -2.69. The number of carbonyl (C=O) groups excluding carboxylic acids is 1. The Morgan fingerprint density at radius 1 is 1.13 bits per heavy atom. The van der Waals surface area contributed by atoms with Gasteiger partial charge in [0, 0.05) is 24.7 Å². The van der Waals surface area contributed by atoms with Crippen molar-refractivity contribution in [1.82, 2.24) is 19.7 Å². The van der Waals surface area contributed by atoms with Crippen LogP contribution in [0.1, 0.15) is 83.4 Å². The molecule has 2 fully saturated rings. The summed E-state index contributed by atoms with van der Waals surface area (Å²) in [6, 6.07) is 11.3. The number of aryl methyl sites for hydroxylation is 3. The monoisotopic (exact) mass is 400 g/mol. The zero-order chi connectivity index (χ0) is 20.4. The molecule has 1 unspecified atom stereocenters. The lowest BCUT2D eigenvalue weighted by Gasteiger charge is -2.36. The number of nitrogens with zero attached hydrogens (tertiary/aromatic N) is 4. The Kier molecular flexibility index (Phi) is 4.02. The SMILES string of the molecule is Cc1nn(C)c2nc(C3CC3)cc(C(=O)N(C3CC3)C3CCCc4ccccc43)c12. The van der Waals surface area contributed by atoms with Crippen LogP contribution >= 0.6 is 0 Å². The molecule has 30 heavy (non-hydrogen) atoms. The van der Waals surface area contributed by atoms with Crippen LogP contribution in [-0.2, 0) is 13.5 Å². The molecule has 3 aliphatic carbocycles. The fourth-order valence-corrected chi connectivity index (χ4v) is 5.29. The molecule has 1 atom stereocenters. The van der Waals surface area contributed by atoms with Gasteiger partial charge in [-0.25, -0.2) is 4.98 Å². The smallest absolute Gasteiger partial charge is 0.255 e. The van der Waals surface area contributed by atoms with Crippen molar-refractivity contribution in [2.45, 2.75) is 69.9 Å². The lowest BCUT2D eigenvalue weighted by atomic mass is 9.86. The maximum absolute atomic E-state index is 14.2. The van der Waals surface area contributed by atoms with Crippen molar-refractivity contribution < 1.29 is 4.79 Å². The molecule has 0 radical (unpaired) electrons. The van der Waals surface area contributed by atoms with Gasteiger partial charge in [-0.15, -0.1) is 0 Å². The van der Waals surface area contributed by atoms with Crippen LogP contribution in [0.15, 0.2) is 30.3 Å². The van der Waals surface area contributed by atoms with Gasteiger partial charge in [0.15, 0.2) is 5.65 Å². The molecule has 0 aliphatic heterocycles. The molecule has 1 aromatic carbocycles. The van der Waals surface area contributed by atoms with Crippen LogP contribution in [0, 0.1) is 6.92 Å². The van der Waals surface area contributed by atoms with Crippen LogP contribution in [0.25, 0.3) is 11.0 Å². The number of hydrogen-bond donors (Lipinski definition) is 0. The van der Waals surface area contributed by atoms with E-state index in [-0.39, 0.29) is 11.9 Å². The predicted molar refractivity (Wildman–Crippen MR) is 117 cm³/mol. The van der Waals surface area contributed by atoms with Crippen molar-refractivity contribution in [3.05, 3.63) is 58.4 Å². The van der Waals surface area contributed by atoms with Crippen molar-refractivity contribution in [2.24, 2.45) is 7.05 Å². The van der Waals surface area contributed by atoms with Crippen molar-refractivity contribution >= 4 is 16.9 Å². The van der Waals surface area contributed by atoms with Crippen molar-refractivity contribution in [3.63, 3.8) is 0 Å². The number of benzene rings is 1. The summed E-state index contributed by atoms with van der Waals surface area (Å²) in [6.45, 7) is 2.00. The van der Waals surface area contributed by atoms with Gasteiger partial charge in [0.1, 0.15) is 0 Å². The van der Waals surface area contributed by atoms with Crippen LogP contribution in [0.2, 0.25) is 0 Å². The third kappa shape index (κ3) is 2.86. The third-order valence-corrected chi connectivity index (χ3v) is 7.06. The summed E-state index contributed by atoms with van der Waals surface area (Å²) in [6.07, 6.45) is 7.88. The lowest BCUT2D eigenvalue weighted by molar-refractivity contribution is 0.0639. The minimum Gasteiger partial charge on any atom is -0.329 e. The molecule has 0 saturated heterocycles. The summed E-state index contributed by atoms with van der Waals surface area (Å²) in [7, 11) is 1.93. The molecule has 0 spiro atoms. The zero-order valence-corrected chi connectivity index (χ0v) is 17.8. The second-order valence-corrected chi connectivity index (χ2v) is 9.33. The number of pyridine rings is 1. The first-order valence-corrected chi connectivity index (χ1v) is 11.4. The minimum atomic E-state index is 0.171. The molecule has 0 bridgehead atoms. The van der Waals surface area contributed by atoms with Gasteiger partial charge in [-0.05, 0) is 69.1 Å². The highest BCUT2D eigenvalue weighted by molar-refractivity contribution is 6.07. The Balaban J connectivity index is 1.49. The molecule has 6 rings (SSSR count). The highest BCUT2D eigenvalue weighted by atomic mass is 16.2. The van der Waals surface area contributed by atoms with Gasteiger partial charge in [-0.1, -0.05) is 24.3 Å².